The Balaban J connectivity index is 1.55. The number of anilines is 1. The van der Waals surface area contributed by atoms with Crippen LogP contribution in [0.15, 0.2) is 36.4 Å². The third-order valence-electron chi connectivity index (χ3n) is 8.25. The number of halogens is 5. The van der Waals surface area contributed by atoms with Gasteiger partial charge in [-0.2, -0.15) is 13.2 Å². The van der Waals surface area contributed by atoms with Gasteiger partial charge in [0, 0.05) is 53.9 Å². The molecule has 2 aliphatic heterocycles. The second kappa shape index (κ2) is 14.0. The number of carbonyl (C=O) groups is 2. The van der Waals surface area contributed by atoms with Crippen LogP contribution in [0.1, 0.15) is 55.8 Å². The molecule has 2 aromatic carbocycles. The molecule has 3 atom stereocenters. The molecule has 4 rings (SSSR count). The lowest BCUT2D eigenvalue weighted by Crippen LogP contribution is -2.52. The normalized spacial score (nSPS) is 20.0. The first kappa shape index (κ1) is 32.6. The maximum atomic E-state index is 14.1. The number of amides is 1. The molecule has 0 aliphatic carbocycles. The average Bonchev–Trinajstić information content (AvgIpc) is 3.15. The molecule has 2 aliphatic rings. The van der Waals surface area contributed by atoms with E-state index in [2.05, 4.69) is 5.32 Å². The van der Waals surface area contributed by atoms with Gasteiger partial charge in [-0.25, -0.2) is 0 Å². The minimum atomic E-state index is -4.47. The van der Waals surface area contributed by atoms with E-state index in [4.69, 9.17) is 28.9 Å². The average molecular weight is 628 g/mol. The SMILES string of the molecule is CC(C)CC(N)c1cc(C(F)(F)F)ccc1N1CCN(C(=O)C(Cc2ccc(Cl)cc2Cl)C2CCCNCC2=O)CC1. The van der Waals surface area contributed by atoms with Crippen LogP contribution in [0.25, 0.3) is 0 Å². The fourth-order valence-corrected chi connectivity index (χ4v) is 6.54. The molecular weight excluding hydrogens is 588 g/mol. The molecule has 230 valence electrons. The van der Waals surface area contributed by atoms with Crippen molar-refractivity contribution < 1.29 is 22.8 Å². The molecule has 2 heterocycles. The number of rotatable bonds is 8. The first-order valence-electron chi connectivity index (χ1n) is 14.5. The predicted molar refractivity (Wildman–Crippen MR) is 161 cm³/mol. The second-order valence-electron chi connectivity index (χ2n) is 11.8. The van der Waals surface area contributed by atoms with E-state index in [9.17, 15) is 22.8 Å². The van der Waals surface area contributed by atoms with Crippen molar-refractivity contribution in [3.8, 4) is 0 Å². The molecule has 11 heteroatoms. The first-order chi connectivity index (χ1) is 19.8. The number of nitrogens with zero attached hydrogens (tertiary/aromatic N) is 2. The number of nitrogens with two attached hydrogens (primary N) is 1. The largest absolute Gasteiger partial charge is 0.416 e. The number of piperazine rings is 1. The smallest absolute Gasteiger partial charge is 0.368 e. The number of carbonyl (C=O) groups excluding carboxylic acids is 2. The number of benzene rings is 2. The van der Waals surface area contributed by atoms with Crippen LogP contribution in [-0.2, 0) is 22.2 Å². The molecule has 0 aromatic heterocycles. The van der Waals surface area contributed by atoms with E-state index in [-0.39, 0.29) is 24.2 Å². The summed E-state index contributed by atoms with van der Waals surface area (Å²) in [5, 5.41) is 4.09. The lowest BCUT2D eigenvalue weighted by atomic mass is 9.80. The Morgan fingerprint density at radius 1 is 1.10 bits per heavy atom. The lowest BCUT2D eigenvalue weighted by molar-refractivity contribution is -0.141. The van der Waals surface area contributed by atoms with E-state index < -0.39 is 29.6 Å². The monoisotopic (exact) mass is 626 g/mol. The highest BCUT2D eigenvalue weighted by Crippen LogP contribution is 2.37. The first-order valence-corrected chi connectivity index (χ1v) is 15.3. The fraction of sp³-hybridized carbons (Fsp3) is 0.548. The van der Waals surface area contributed by atoms with Gasteiger partial charge >= 0.3 is 6.18 Å². The maximum Gasteiger partial charge on any atom is 0.416 e. The quantitative estimate of drug-likeness (QED) is 0.368. The Morgan fingerprint density at radius 2 is 1.81 bits per heavy atom. The van der Waals surface area contributed by atoms with Crippen LogP contribution in [0, 0.1) is 17.8 Å². The Kier molecular flexibility index (Phi) is 10.8. The lowest BCUT2D eigenvalue weighted by Gasteiger charge is -2.40. The summed E-state index contributed by atoms with van der Waals surface area (Å²) >= 11 is 12.6. The highest BCUT2D eigenvalue weighted by atomic mass is 35.5. The fourth-order valence-electron chi connectivity index (χ4n) is 6.05. The van der Waals surface area contributed by atoms with E-state index in [1.54, 1.807) is 23.1 Å². The van der Waals surface area contributed by atoms with Gasteiger partial charge < -0.3 is 20.9 Å². The van der Waals surface area contributed by atoms with Crippen molar-refractivity contribution in [3.63, 3.8) is 0 Å². The van der Waals surface area contributed by atoms with E-state index in [0.717, 1.165) is 30.7 Å². The third-order valence-corrected chi connectivity index (χ3v) is 8.84. The summed E-state index contributed by atoms with van der Waals surface area (Å²) in [6.07, 6.45) is -2.21. The van der Waals surface area contributed by atoms with Crippen molar-refractivity contribution in [3.05, 3.63) is 63.1 Å². The Bertz CT molecular complexity index is 1270. The Hall–Kier alpha value is -2.33. The third kappa shape index (κ3) is 7.98. The molecule has 2 saturated heterocycles. The summed E-state index contributed by atoms with van der Waals surface area (Å²) in [5.41, 5.74) is 7.59. The van der Waals surface area contributed by atoms with Crippen LogP contribution >= 0.6 is 23.2 Å². The van der Waals surface area contributed by atoms with E-state index in [1.165, 1.54) is 6.07 Å². The van der Waals surface area contributed by atoms with E-state index in [0.29, 0.717) is 66.7 Å². The number of nitrogens with one attached hydrogen (secondary N) is 1. The highest BCUT2D eigenvalue weighted by Gasteiger charge is 2.38. The standard InChI is InChI=1S/C31H39Cl2F3N4O2/c1-19(2)14-27(37)25-16-21(31(34,35)36)6-8-28(25)39-10-12-40(13-11-39)30(42)24(23-4-3-9-38-18-29(23)41)15-20-5-7-22(32)17-26(20)33/h5-8,16-17,19,23-24,27,38H,3-4,9-15,18,37H2,1-2H3. The number of Topliss-reactive ketones (excluding diaryl/α,β-unsaturated/α-hetero) is 1. The molecule has 2 aromatic rings. The molecule has 6 nitrogen and oxygen atoms in total. The van der Waals surface area contributed by atoms with Gasteiger partial charge in [-0.3, -0.25) is 9.59 Å². The number of hydrogen-bond donors (Lipinski definition) is 2. The number of alkyl halides is 3. The molecular formula is C31H39Cl2F3N4O2. The van der Waals surface area contributed by atoms with Gasteiger partial charge in [0.05, 0.1) is 18.0 Å². The van der Waals surface area contributed by atoms with Gasteiger partial charge in [0.15, 0.2) is 0 Å². The van der Waals surface area contributed by atoms with Crippen molar-refractivity contribution in [2.24, 2.45) is 23.5 Å². The summed E-state index contributed by atoms with van der Waals surface area (Å²) < 4.78 is 40.6. The molecule has 0 saturated carbocycles. The summed E-state index contributed by atoms with van der Waals surface area (Å²) in [7, 11) is 0. The minimum Gasteiger partial charge on any atom is -0.368 e. The second-order valence-corrected chi connectivity index (χ2v) is 12.6. The van der Waals surface area contributed by atoms with Crippen LogP contribution < -0.4 is 16.0 Å². The highest BCUT2D eigenvalue weighted by molar-refractivity contribution is 6.35. The van der Waals surface area contributed by atoms with E-state index >= 15 is 0 Å². The van der Waals surface area contributed by atoms with E-state index in [1.807, 2.05) is 18.7 Å². The van der Waals surface area contributed by atoms with Crippen molar-refractivity contribution in [1.82, 2.24) is 10.2 Å². The van der Waals surface area contributed by atoms with Crippen LogP contribution in [0.3, 0.4) is 0 Å². The molecule has 0 bridgehead atoms. The van der Waals surface area contributed by atoms with Gasteiger partial charge in [-0.15, -0.1) is 0 Å². The van der Waals surface area contributed by atoms with Crippen molar-refractivity contribution >= 4 is 40.6 Å². The van der Waals surface area contributed by atoms with Crippen LogP contribution in [0.2, 0.25) is 10.0 Å². The van der Waals surface area contributed by atoms with Gasteiger partial charge in [0.2, 0.25) is 5.91 Å². The van der Waals surface area contributed by atoms with Gasteiger partial charge in [0.25, 0.3) is 0 Å². The van der Waals surface area contributed by atoms with Gasteiger partial charge in [-0.05, 0) is 79.6 Å². The molecule has 1 amide bonds. The number of hydrogen-bond acceptors (Lipinski definition) is 5. The van der Waals surface area contributed by atoms with Crippen molar-refractivity contribution in [2.45, 2.75) is 51.7 Å². The summed E-state index contributed by atoms with van der Waals surface area (Å²) in [5.74, 6) is -0.894. The summed E-state index contributed by atoms with van der Waals surface area (Å²) in [6.45, 7) is 6.55. The maximum absolute atomic E-state index is 14.1. The van der Waals surface area contributed by atoms with Crippen LogP contribution in [0.4, 0.5) is 18.9 Å². The Labute approximate surface area is 255 Å². The molecule has 2 fully saturated rings. The molecule has 0 radical (unpaired) electrons. The Morgan fingerprint density at radius 3 is 2.45 bits per heavy atom. The zero-order valence-corrected chi connectivity index (χ0v) is 25.5. The molecule has 3 N–H and O–H groups in total. The molecule has 3 unspecified atom stereocenters. The van der Waals surface area contributed by atoms with Crippen molar-refractivity contribution in [1.29, 1.82) is 0 Å². The predicted octanol–water partition coefficient (Wildman–Crippen LogP) is 6.13. The number of ketones is 1. The molecule has 42 heavy (non-hydrogen) atoms. The summed E-state index contributed by atoms with van der Waals surface area (Å²) in [4.78, 5) is 30.9. The zero-order chi connectivity index (χ0) is 30.6. The zero-order valence-electron chi connectivity index (χ0n) is 24.0. The van der Waals surface area contributed by atoms with Crippen LogP contribution in [-0.4, -0.2) is 55.9 Å². The topological polar surface area (TPSA) is 78.7 Å². The van der Waals surface area contributed by atoms with Gasteiger partial charge in [0.1, 0.15) is 5.78 Å². The van der Waals surface area contributed by atoms with Crippen LogP contribution in [0.5, 0.6) is 0 Å². The summed E-state index contributed by atoms with van der Waals surface area (Å²) in [6, 6.07) is 8.37. The van der Waals surface area contributed by atoms with Gasteiger partial charge in [-0.1, -0.05) is 43.1 Å². The van der Waals surface area contributed by atoms with Crippen molar-refractivity contribution in [2.75, 3.05) is 44.2 Å². The minimum absolute atomic E-state index is 0.0168. The molecule has 0 spiro atoms.